The maximum atomic E-state index is 12.5. The number of carboxylic acid groups (broad SMARTS) is 1. The summed E-state index contributed by atoms with van der Waals surface area (Å²) < 4.78 is 5.12. The van der Waals surface area contributed by atoms with Crippen molar-refractivity contribution >= 4 is 11.9 Å². The molecule has 1 fully saturated rings. The Morgan fingerprint density at radius 1 is 1.41 bits per heavy atom. The van der Waals surface area contributed by atoms with E-state index in [-0.39, 0.29) is 5.91 Å². The van der Waals surface area contributed by atoms with Crippen LogP contribution in [0.4, 0.5) is 0 Å². The van der Waals surface area contributed by atoms with Crippen molar-refractivity contribution in [3.8, 4) is 5.75 Å². The molecule has 1 aromatic carbocycles. The van der Waals surface area contributed by atoms with Gasteiger partial charge < -0.3 is 14.7 Å². The van der Waals surface area contributed by atoms with Crippen molar-refractivity contribution in [3.05, 3.63) is 29.8 Å². The van der Waals surface area contributed by atoms with E-state index in [0.29, 0.717) is 23.1 Å². The molecule has 0 spiro atoms. The fourth-order valence-corrected chi connectivity index (χ4v) is 2.92. The zero-order valence-corrected chi connectivity index (χ0v) is 13.1. The molecule has 5 heteroatoms. The predicted molar refractivity (Wildman–Crippen MR) is 83.0 cm³/mol. The van der Waals surface area contributed by atoms with Gasteiger partial charge in [0.05, 0.1) is 0 Å². The number of carbonyl (C=O) groups excluding carboxylic acids is 1. The lowest BCUT2D eigenvalue weighted by molar-refractivity contribution is -0.139. The number of benzene rings is 1. The Labute approximate surface area is 130 Å². The SMILES string of the molecule is CC(C)CC1CCN(C(=O)c2cccc(OCC(=O)O)c2)C1. The number of ether oxygens (including phenoxy) is 1. The van der Waals surface area contributed by atoms with Crippen LogP contribution in [-0.2, 0) is 4.79 Å². The summed E-state index contributed by atoms with van der Waals surface area (Å²) in [5.74, 6) is 0.592. The molecule has 0 aliphatic carbocycles. The van der Waals surface area contributed by atoms with E-state index in [1.54, 1.807) is 24.3 Å². The molecule has 0 radical (unpaired) electrons. The first kappa shape index (κ1) is 16.3. The molecule has 0 saturated carbocycles. The Kier molecular flexibility index (Phi) is 5.41. The average Bonchev–Trinajstić information content (AvgIpc) is 2.92. The Hall–Kier alpha value is -2.04. The van der Waals surface area contributed by atoms with Gasteiger partial charge in [0.15, 0.2) is 6.61 Å². The van der Waals surface area contributed by atoms with Crippen molar-refractivity contribution in [2.45, 2.75) is 26.7 Å². The summed E-state index contributed by atoms with van der Waals surface area (Å²) in [5, 5.41) is 8.63. The molecule has 1 aromatic rings. The molecular weight excluding hydrogens is 282 g/mol. The molecule has 1 heterocycles. The maximum Gasteiger partial charge on any atom is 0.341 e. The van der Waals surface area contributed by atoms with Crippen molar-refractivity contribution in [1.82, 2.24) is 4.90 Å². The number of likely N-dealkylation sites (tertiary alicyclic amines) is 1. The number of hydrogen-bond acceptors (Lipinski definition) is 3. The minimum atomic E-state index is -1.03. The van der Waals surface area contributed by atoms with Crippen LogP contribution in [0, 0.1) is 11.8 Å². The lowest BCUT2D eigenvalue weighted by Crippen LogP contribution is -2.28. The highest BCUT2D eigenvalue weighted by Crippen LogP contribution is 2.25. The van der Waals surface area contributed by atoms with Crippen LogP contribution in [0.2, 0.25) is 0 Å². The van der Waals surface area contributed by atoms with Crippen LogP contribution in [0.1, 0.15) is 37.0 Å². The van der Waals surface area contributed by atoms with Gasteiger partial charge in [-0.2, -0.15) is 0 Å². The van der Waals surface area contributed by atoms with Crippen LogP contribution in [0.15, 0.2) is 24.3 Å². The predicted octanol–water partition coefficient (Wildman–Crippen LogP) is 2.66. The summed E-state index contributed by atoms with van der Waals surface area (Å²) in [6.45, 7) is 5.59. The molecule has 1 N–H and O–H groups in total. The second kappa shape index (κ2) is 7.29. The first-order valence-corrected chi connectivity index (χ1v) is 7.69. The van der Waals surface area contributed by atoms with Crippen LogP contribution < -0.4 is 4.74 Å². The van der Waals surface area contributed by atoms with E-state index in [4.69, 9.17) is 9.84 Å². The fraction of sp³-hybridized carbons (Fsp3) is 0.529. The summed E-state index contributed by atoms with van der Waals surface area (Å²) >= 11 is 0. The van der Waals surface area contributed by atoms with Gasteiger partial charge in [0.25, 0.3) is 5.91 Å². The van der Waals surface area contributed by atoms with Gasteiger partial charge in [0.2, 0.25) is 0 Å². The lowest BCUT2D eigenvalue weighted by Gasteiger charge is -2.18. The lowest BCUT2D eigenvalue weighted by atomic mass is 9.97. The number of nitrogens with zero attached hydrogens (tertiary/aromatic N) is 1. The van der Waals surface area contributed by atoms with Gasteiger partial charge in [-0.05, 0) is 42.9 Å². The molecule has 2 rings (SSSR count). The topological polar surface area (TPSA) is 66.8 Å². The third-order valence-electron chi connectivity index (χ3n) is 3.82. The molecule has 1 aliphatic rings. The summed E-state index contributed by atoms with van der Waals surface area (Å²) in [5.41, 5.74) is 0.549. The zero-order valence-electron chi connectivity index (χ0n) is 13.1. The largest absolute Gasteiger partial charge is 0.482 e. The summed E-state index contributed by atoms with van der Waals surface area (Å²) in [4.78, 5) is 24.9. The van der Waals surface area contributed by atoms with Crippen molar-refractivity contribution < 1.29 is 19.4 Å². The molecular formula is C17H23NO4. The third-order valence-corrected chi connectivity index (χ3v) is 3.82. The summed E-state index contributed by atoms with van der Waals surface area (Å²) in [6, 6.07) is 6.73. The Morgan fingerprint density at radius 3 is 2.86 bits per heavy atom. The van der Waals surface area contributed by atoms with Crippen molar-refractivity contribution in [2.24, 2.45) is 11.8 Å². The normalized spacial score (nSPS) is 17.8. The molecule has 22 heavy (non-hydrogen) atoms. The summed E-state index contributed by atoms with van der Waals surface area (Å²) in [7, 11) is 0. The summed E-state index contributed by atoms with van der Waals surface area (Å²) in [6.07, 6.45) is 2.20. The van der Waals surface area contributed by atoms with Gasteiger partial charge in [0.1, 0.15) is 5.75 Å². The highest BCUT2D eigenvalue weighted by atomic mass is 16.5. The average molecular weight is 305 g/mol. The van der Waals surface area contributed by atoms with Gasteiger partial charge in [-0.25, -0.2) is 4.79 Å². The first-order chi connectivity index (χ1) is 10.5. The fourth-order valence-electron chi connectivity index (χ4n) is 2.92. The highest BCUT2D eigenvalue weighted by Gasteiger charge is 2.27. The van der Waals surface area contributed by atoms with E-state index < -0.39 is 12.6 Å². The number of amides is 1. The van der Waals surface area contributed by atoms with Crippen LogP contribution in [-0.4, -0.2) is 41.6 Å². The molecule has 120 valence electrons. The number of rotatable bonds is 6. The zero-order chi connectivity index (χ0) is 16.1. The molecule has 1 aliphatic heterocycles. The molecule has 0 bridgehead atoms. The maximum absolute atomic E-state index is 12.5. The minimum absolute atomic E-state index is 0.00738. The standard InChI is InChI=1S/C17H23NO4/c1-12(2)8-13-6-7-18(10-13)17(21)14-4-3-5-15(9-14)22-11-16(19)20/h3-5,9,12-13H,6-8,10-11H2,1-2H3,(H,19,20). The van der Waals surface area contributed by atoms with E-state index in [2.05, 4.69) is 13.8 Å². The molecule has 5 nitrogen and oxygen atoms in total. The van der Waals surface area contributed by atoms with Crippen molar-refractivity contribution in [1.29, 1.82) is 0 Å². The second-order valence-electron chi connectivity index (χ2n) is 6.25. The van der Waals surface area contributed by atoms with Crippen LogP contribution in [0.3, 0.4) is 0 Å². The van der Waals surface area contributed by atoms with E-state index in [1.807, 2.05) is 4.90 Å². The van der Waals surface area contributed by atoms with Gasteiger partial charge in [0, 0.05) is 18.7 Å². The Balaban J connectivity index is 1.98. The number of carboxylic acids is 1. The highest BCUT2D eigenvalue weighted by molar-refractivity contribution is 5.94. The van der Waals surface area contributed by atoms with Crippen LogP contribution >= 0.6 is 0 Å². The smallest absolute Gasteiger partial charge is 0.341 e. The van der Waals surface area contributed by atoms with Crippen molar-refractivity contribution in [2.75, 3.05) is 19.7 Å². The van der Waals surface area contributed by atoms with E-state index >= 15 is 0 Å². The quantitative estimate of drug-likeness (QED) is 0.877. The molecule has 1 saturated heterocycles. The monoisotopic (exact) mass is 305 g/mol. The van der Waals surface area contributed by atoms with E-state index in [9.17, 15) is 9.59 Å². The number of hydrogen-bond donors (Lipinski definition) is 1. The molecule has 1 unspecified atom stereocenters. The first-order valence-electron chi connectivity index (χ1n) is 7.69. The molecule has 1 atom stereocenters. The van der Waals surface area contributed by atoms with Crippen LogP contribution in [0.25, 0.3) is 0 Å². The van der Waals surface area contributed by atoms with Crippen molar-refractivity contribution in [3.63, 3.8) is 0 Å². The van der Waals surface area contributed by atoms with Gasteiger partial charge in [-0.15, -0.1) is 0 Å². The van der Waals surface area contributed by atoms with Crippen LogP contribution in [0.5, 0.6) is 5.75 Å². The Bertz CT molecular complexity index is 541. The number of aliphatic carboxylic acids is 1. The van der Waals surface area contributed by atoms with E-state index in [0.717, 1.165) is 25.9 Å². The van der Waals surface area contributed by atoms with Gasteiger partial charge >= 0.3 is 5.97 Å². The van der Waals surface area contributed by atoms with Gasteiger partial charge in [-0.3, -0.25) is 4.79 Å². The number of carbonyl (C=O) groups is 2. The minimum Gasteiger partial charge on any atom is -0.482 e. The van der Waals surface area contributed by atoms with Gasteiger partial charge in [-0.1, -0.05) is 19.9 Å². The Morgan fingerprint density at radius 2 is 2.18 bits per heavy atom. The molecule has 0 aromatic heterocycles. The molecule has 1 amide bonds. The third kappa shape index (κ3) is 4.48. The van der Waals surface area contributed by atoms with E-state index in [1.165, 1.54) is 0 Å². The second-order valence-corrected chi connectivity index (χ2v) is 6.25.